The van der Waals surface area contributed by atoms with Crippen molar-refractivity contribution < 1.29 is 5.11 Å². The molecule has 1 aromatic heterocycles. The van der Waals surface area contributed by atoms with E-state index in [2.05, 4.69) is 22.5 Å². The quantitative estimate of drug-likeness (QED) is 0.812. The van der Waals surface area contributed by atoms with E-state index in [0.29, 0.717) is 0 Å². The molecule has 0 radical (unpaired) electrons. The van der Waals surface area contributed by atoms with Gasteiger partial charge in [-0.1, -0.05) is 6.58 Å². The van der Waals surface area contributed by atoms with Crippen molar-refractivity contribution in [1.82, 2.24) is 0 Å². The molecule has 2 nitrogen and oxygen atoms in total. The molecule has 1 N–H and O–H groups in total. The summed E-state index contributed by atoms with van der Waals surface area (Å²) in [6.45, 7) is 3.44. The monoisotopic (exact) mass is 243 g/mol. The van der Waals surface area contributed by atoms with Gasteiger partial charge in [0.15, 0.2) is 0 Å². The van der Waals surface area contributed by atoms with Gasteiger partial charge < -0.3 is 5.11 Å². The Labute approximate surface area is 82.9 Å². The van der Waals surface area contributed by atoms with E-state index in [9.17, 15) is 5.11 Å². The van der Waals surface area contributed by atoms with Crippen LogP contribution in [0.25, 0.3) is 0 Å². The van der Waals surface area contributed by atoms with Crippen molar-refractivity contribution >= 4 is 27.3 Å². The lowest BCUT2D eigenvalue weighted by Crippen LogP contribution is -1.95. The number of nitrogens with zero attached hydrogens (tertiary/aromatic N) is 1. The predicted octanol–water partition coefficient (Wildman–Crippen LogP) is 2.62. The summed E-state index contributed by atoms with van der Waals surface area (Å²) in [5, 5.41) is 19.8. The molecule has 1 unspecified atom stereocenters. The normalized spacial score (nSPS) is 12.1. The molecule has 0 aliphatic rings. The number of aliphatic hydroxyl groups is 1. The van der Waals surface area contributed by atoms with Gasteiger partial charge in [-0.3, -0.25) is 0 Å². The minimum absolute atomic E-state index is 0.171. The van der Waals surface area contributed by atoms with Gasteiger partial charge >= 0.3 is 0 Å². The third-order valence-electron chi connectivity index (χ3n) is 1.33. The van der Waals surface area contributed by atoms with E-state index < -0.39 is 6.10 Å². The lowest BCUT2D eigenvalue weighted by molar-refractivity contribution is 0.225. The lowest BCUT2D eigenvalue weighted by atomic mass is 10.1. The molecule has 12 heavy (non-hydrogen) atoms. The minimum atomic E-state index is -0.855. The number of halogens is 1. The van der Waals surface area contributed by atoms with Crippen LogP contribution >= 0.6 is 27.3 Å². The highest BCUT2D eigenvalue weighted by molar-refractivity contribution is 9.10. The second kappa shape index (κ2) is 3.85. The van der Waals surface area contributed by atoms with Crippen LogP contribution in [0.2, 0.25) is 0 Å². The molecule has 1 heterocycles. The van der Waals surface area contributed by atoms with E-state index in [1.807, 2.05) is 11.4 Å². The fraction of sp³-hybridized carbons (Fsp3) is 0.125. The first-order chi connectivity index (χ1) is 5.65. The van der Waals surface area contributed by atoms with Crippen LogP contribution in [0.15, 0.2) is 28.1 Å². The number of thiophene rings is 1. The van der Waals surface area contributed by atoms with Gasteiger partial charge in [-0.15, -0.1) is 11.3 Å². The van der Waals surface area contributed by atoms with Crippen molar-refractivity contribution in [2.24, 2.45) is 0 Å². The van der Waals surface area contributed by atoms with Gasteiger partial charge in [0, 0.05) is 14.7 Å². The van der Waals surface area contributed by atoms with E-state index in [1.165, 1.54) is 11.3 Å². The standard InChI is InChI=1S/C8H6BrNOS/c1-5(3-10)8(11)7-2-6(9)4-12-7/h2,4,8,11H,1H2. The van der Waals surface area contributed by atoms with Crippen molar-refractivity contribution in [2.75, 3.05) is 0 Å². The van der Waals surface area contributed by atoms with Crippen molar-refractivity contribution in [3.05, 3.63) is 32.9 Å². The molecule has 0 spiro atoms. The number of nitriles is 1. The van der Waals surface area contributed by atoms with Gasteiger partial charge in [-0.25, -0.2) is 0 Å². The molecule has 0 amide bonds. The molecule has 1 aromatic rings. The zero-order valence-electron chi connectivity index (χ0n) is 6.12. The maximum absolute atomic E-state index is 9.47. The van der Waals surface area contributed by atoms with Gasteiger partial charge in [-0.05, 0) is 22.0 Å². The molecule has 0 aliphatic carbocycles. The summed E-state index contributed by atoms with van der Waals surface area (Å²) >= 11 is 4.65. The van der Waals surface area contributed by atoms with Gasteiger partial charge in [0.25, 0.3) is 0 Å². The first kappa shape index (κ1) is 9.46. The second-order valence-electron chi connectivity index (χ2n) is 2.21. The molecule has 1 rings (SSSR count). The molecular weight excluding hydrogens is 238 g/mol. The highest BCUT2D eigenvalue weighted by Crippen LogP contribution is 2.28. The summed E-state index contributed by atoms with van der Waals surface area (Å²) in [5.74, 6) is 0. The summed E-state index contributed by atoms with van der Waals surface area (Å²) in [5.41, 5.74) is 0.171. The molecule has 0 bridgehead atoms. The fourth-order valence-corrected chi connectivity index (χ4v) is 2.17. The zero-order valence-corrected chi connectivity index (χ0v) is 8.52. The van der Waals surface area contributed by atoms with Gasteiger partial charge in [0.05, 0.1) is 11.6 Å². The Hall–Kier alpha value is -0.630. The Morgan fingerprint density at radius 1 is 1.83 bits per heavy atom. The van der Waals surface area contributed by atoms with Crippen molar-refractivity contribution in [1.29, 1.82) is 5.26 Å². The van der Waals surface area contributed by atoms with E-state index in [0.717, 1.165) is 9.35 Å². The van der Waals surface area contributed by atoms with E-state index >= 15 is 0 Å². The third-order valence-corrected chi connectivity index (χ3v) is 3.08. The molecule has 4 heteroatoms. The smallest absolute Gasteiger partial charge is 0.122 e. The summed E-state index contributed by atoms with van der Waals surface area (Å²) in [7, 11) is 0. The Balaban J connectivity index is 2.86. The molecule has 0 saturated carbocycles. The summed E-state index contributed by atoms with van der Waals surface area (Å²) < 4.78 is 0.910. The average molecular weight is 244 g/mol. The topological polar surface area (TPSA) is 44.0 Å². The van der Waals surface area contributed by atoms with Crippen LogP contribution in [-0.2, 0) is 0 Å². The summed E-state index contributed by atoms with van der Waals surface area (Å²) in [6, 6.07) is 3.59. The van der Waals surface area contributed by atoms with Crippen LogP contribution in [0.1, 0.15) is 11.0 Å². The van der Waals surface area contributed by atoms with Crippen molar-refractivity contribution in [3.8, 4) is 6.07 Å². The lowest BCUT2D eigenvalue weighted by Gasteiger charge is -2.03. The highest BCUT2D eigenvalue weighted by atomic mass is 79.9. The first-order valence-electron chi connectivity index (χ1n) is 3.16. The fourth-order valence-electron chi connectivity index (χ4n) is 0.705. The molecule has 0 aliphatic heterocycles. The predicted molar refractivity (Wildman–Crippen MR) is 51.7 cm³/mol. The molecular formula is C8H6BrNOS. The highest BCUT2D eigenvalue weighted by Gasteiger charge is 2.12. The third kappa shape index (κ3) is 1.95. The molecule has 1 atom stereocenters. The maximum Gasteiger partial charge on any atom is 0.122 e. The van der Waals surface area contributed by atoms with E-state index in [4.69, 9.17) is 5.26 Å². The first-order valence-corrected chi connectivity index (χ1v) is 4.83. The van der Waals surface area contributed by atoms with Crippen molar-refractivity contribution in [2.45, 2.75) is 6.10 Å². The Bertz CT molecular complexity index is 339. The Kier molecular flexibility index (Phi) is 3.04. The van der Waals surface area contributed by atoms with Gasteiger partial charge in [0.1, 0.15) is 6.10 Å². The Morgan fingerprint density at radius 3 is 2.92 bits per heavy atom. The Morgan fingerprint density at radius 2 is 2.50 bits per heavy atom. The van der Waals surface area contributed by atoms with Crippen LogP contribution in [0.4, 0.5) is 0 Å². The van der Waals surface area contributed by atoms with Crippen LogP contribution in [0.3, 0.4) is 0 Å². The summed E-state index contributed by atoms with van der Waals surface area (Å²) in [4.78, 5) is 0.730. The zero-order chi connectivity index (χ0) is 9.14. The molecule has 0 aromatic carbocycles. The van der Waals surface area contributed by atoms with Crippen LogP contribution in [0, 0.1) is 11.3 Å². The van der Waals surface area contributed by atoms with Crippen LogP contribution in [-0.4, -0.2) is 5.11 Å². The van der Waals surface area contributed by atoms with Gasteiger partial charge in [-0.2, -0.15) is 5.26 Å². The average Bonchev–Trinajstić information content (AvgIpc) is 2.49. The molecule has 0 fully saturated rings. The maximum atomic E-state index is 9.47. The van der Waals surface area contributed by atoms with E-state index in [1.54, 1.807) is 6.07 Å². The van der Waals surface area contributed by atoms with E-state index in [-0.39, 0.29) is 5.57 Å². The minimum Gasteiger partial charge on any atom is -0.382 e. The van der Waals surface area contributed by atoms with Gasteiger partial charge in [0.2, 0.25) is 0 Å². The number of rotatable bonds is 2. The summed E-state index contributed by atoms with van der Waals surface area (Å²) in [6.07, 6.45) is -0.855. The van der Waals surface area contributed by atoms with Crippen LogP contribution < -0.4 is 0 Å². The second-order valence-corrected chi connectivity index (χ2v) is 4.07. The van der Waals surface area contributed by atoms with Crippen LogP contribution in [0.5, 0.6) is 0 Å². The SMILES string of the molecule is C=C(C#N)C(O)c1cc(Br)cs1. The number of hydrogen-bond donors (Lipinski definition) is 1. The number of hydrogen-bond acceptors (Lipinski definition) is 3. The number of aliphatic hydroxyl groups excluding tert-OH is 1. The largest absolute Gasteiger partial charge is 0.382 e. The molecule has 0 saturated heterocycles. The van der Waals surface area contributed by atoms with Crippen molar-refractivity contribution in [3.63, 3.8) is 0 Å². The molecule has 62 valence electrons.